The molecule has 2 aromatic rings. The Morgan fingerprint density at radius 3 is 2.44 bits per heavy atom. The highest BCUT2D eigenvalue weighted by atomic mass is 19.4. The van der Waals surface area contributed by atoms with E-state index in [-0.39, 0.29) is 5.69 Å². The fraction of sp³-hybridized carbons (Fsp3) is 0.316. The highest BCUT2D eigenvalue weighted by Gasteiger charge is 2.30. The van der Waals surface area contributed by atoms with Crippen LogP contribution in [0.25, 0.3) is 0 Å². The fourth-order valence-electron chi connectivity index (χ4n) is 2.78. The molecule has 1 N–H and O–H groups in total. The number of hydrazone groups is 1. The van der Waals surface area contributed by atoms with Crippen molar-refractivity contribution in [2.75, 3.05) is 5.43 Å². The summed E-state index contributed by atoms with van der Waals surface area (Å²) in [6.07, 6.45) is 2.14. The van der Waals surface area contributed by atoms with E-state index in [0.717, 1.165) is 36.3 Å². The van der Waals surface area contributed by atoms with Crippen LogP contribution in [0.15, 0.2) is 53.6 Å². The standard InChI is InChI=1S/C19H19F3N2O/c20-19(21,22)15-4-3-5-16(12-15)24-23-13-14-8-10-18(11-9-14)25-17-6-1-2-7-17/h3-5,8-13,17,24H,1-2,6-7H2. The zero-order chi connectivity index (χ0) is 17.7. The summed E-state index contributed by atoms with van der Waals surface area (Å²) < 4.78 is 43.9. The Morgan fingerprint density at radius 1 is 1.04 bits per heavy atom. The average Bonchev–Trinajstić information content (AvgIpc) is 3.09. The molecule has 1 aliphatic rings. The second kappa shape index (κ2) is 7.59. The van der Waals surface area contributed by atoms with Gasteiger partial charge in [-0.2, -0.15) is 18.3 Å². The van der Waals surface area contributed by atoms with Crippen LogP contribution in [0.3, 0.4) is 0 Å². The number of rotatable bonds is 5. The minimum atomic E-state index is -4.36. The lowest BCUT2D eigenvalue weighted by molar-refractivity contribution is -0.137. The fourth-order valence-corrected chi connectivity index (χ4v) is 2.78. The number of anilines is 1. The predicted octanol–water partition coefficient (Wildman–Crippen LogP) is 5.47. The summed E-state index contributed by atoms with van der Waals surface area (Å²) in [6.45, 7) is 0. The third kappa shape index (κ3) is 4.98. The molecule has 0 bridgehead atoms. The van der Waals surface area contributed by atoms with Crippen molar-refractivity contribution in [1.82, 2.24) is 0 Å². The van der Waals surface area contributed by atoms with Gasteiger partial charge in [-0.15, -0.1) is 0 Å². The molecule has 0 saturated heterocycles. The minimum Gasteiger partial charge on any atom is -0.490 e. The Balaban J connectivity index is 1.57. The van der Waals surface area contributed by atoms with Gasteiger partial charge in [-0.3, -0.25) is 5.43 Å². The van der Waals surface area contributed by atoms with E-state index < -0.39 is 11.7 Å². The normalized spacial score (nSPS) is 15.6. The van der Waals surface area contributed by atoms with Crippen LogP contribution in [-0.4, -0.2) is 12.3 Å². The van der Waals surface area contributed by atoms with E-state index in [0.29, 0.717) is 6.10 Å². The van der Waals surface area contributed by atoms with Crippen molar-refractivity contribution in [3.63, 3.8) is 0 Å². The van der Waals surface area contributed by atoms with Gasteiger partial charge in [-0.05, 0) is 73.7 Å². The van der Waals surface area contributed by atoms with Crippen molar-refractivity contribution in [2.45, 2.75) is 38.0 Å². The first kappa shape index (κ1) is 17.3. The molecule has 0 spiro atoms. The van der Waals surface area contributed by atoms with Gasteiger partial charge in [0.2, 0.25) is 0 Å². The van der Waals surface area contributed by atoms with Gasteiger partial charge in [0.25, 0.3) is 0 Å². The molecule has 0 radical (unpaired) electrons. The Kier molecular flexibility index (Phi) is 5.26. The van der Waals surface area contributed by atoms with Crippen LogP contribution < -0.4 is 10.2 Å². The summed E-state index contributed by atoms with van der Waals surface area (Å²) in [4.78, 5) is 0. The summed E-state index contributed by atoms with van der Waals surface area (Å²) in [7, 11) is 0. The largest absolute Gasteiger partial charge is 0.490 e. The predicted molar refractivity (Wildman–Crippen MR) is 92.0 cm³/mol. The average molecular weight is 348 g/mol. The molecule has 3 nitrogen and oxygen atoms in total. The van der Waals surface area contributed by atoms with Crippen LogP contribution in [0.1, 0.15) is 36.8 Å². The topological polar surface area (TPSA) is 33.6 Å². The van der Waals surface area contributed by atoms with Crippen LogP contribution in [0.4, 0.5) is 18.9 Å². The summed E-state index contributed by atoms with van der Waals surface area (Å²) in [5.41, 5.74) is 3.03. The van der Waals surface area contributed by atoms with E-state index in [1.54, 1.807) is 6.21 Å². The smallest absolute Gasteiger partial charge is 0.416 e. The quantitative estimate of drug-likeness (QED) is 0.574. The molecule has 0 amide bonds. The molecule has 3 rings (SSSR count). The lowest BCUT2D eigenvalue weighted by Crippen LogP contribution is -2.10. The minimum absolute atomic E-state index is 0.285. The van der Waals surface area contributed by atoms with E-state index in [4.69, 9.17) is 4.74 Å². The first-order valence-corrected chi connectivity index (χ1v) is 8.24. The number of nitrogens with zero attached hydrogens (tertiary/aromatic N) is 1. The molecule has 2 aromatic carbocycles. The molecule has 0 atom stereocenters. The number of hydrogen-bond acceptors (Lipinski definition) is 3. The summed E-state index contributed by atoms with van der Waals surface area (Å²) in [5.74, 6) is 0.829. The third-order valence-corrected chi connectivity index (χ3v) is 4.08. The molecule has 0 aliphatic heterocycles. The molecular formula is C19H19F3N2O. The highest BCUT2D eigenvalue weighted by Crippen LogP contribution is 2.30. The molecule has 25 heavy (non-hydrogen) atoms. The lowest BCUT2D eigenvalue weighted by atomic mass is 10.2. The van der Waals surface area contributed by atoms with Gasteiger partial charge in [-0.1, -0.05) is 6.07 Å². The van der Waals surface area contributed by atoms with Crippen LogP contribution in [0.5, 0.6) is 5.75 Å². The van der Waals surface area contributed by atoms with E-state index in [9.17, 15) is 13.2 Å². The van der Waals surface area contributed by atoms with Crippen molar-refractivity contribution < 1.29 is 17.9 Å². The summed E-state index contributed by atoms with van der Waals surface area (Å²) >= 11 is 0. The second-order valence-electron chi connectivity index (χ2n) is 6.04. The maximum atomic E-state index is 12.7. The van der Waals surface area contributed by atoms with E-state index in [2.05, 4.69) is 10.5 Å². The first-order chi connectivity index (χ1) is 12.0. The van der Waals surface area contributed by atoms with Gasteiger partial charge < -0.3 is 4.74 Å². The van der Waals surface area contributed by atoms with Crippen LogP contribution >= 0.6 is 0 Å². The van der Waals surface area contributed by atoms with Crippen molar-refractivity contribution in [1.29, 1.82) is 0 Å². The number of benzene rings is 2. The van der Waals surface area contributed by atoms with Crippen LogP contribution in [0.2, 0.25) is 0 Å². The number of hydrogen-bond donors (Lipinski definition) is 1. The zero-order valence-electron chi connectivity index (χ0n) is 13.6. The van der Waals surface area contributed by atoms with Gasteiger partial charge >= 0.3 is 6.18 Å². The monoisotopic (exact) mass is 348 g/mol. The van der Waals surface area contributed by atoms with E-state index in [1.807, 2.05) is 24.3 Å². The Hall–Kier alpha value is -2.50. The molecule has 6 heteroatoms. The molecule has 0 heterocycles. The van der Waals surface area contributed by atoms with Crippen LogP contribution in [0, 0.1) is 0 Å². The lowest BCUT2D eigenvalue weighted by Gasteiger charge is -2.12. The maximum absolute atomic E-state index is 12.7. The summed E-state index contributed by atoms with van der Waals surface area (Å²) in [6, 6.07) is 12.4. The van der Waals surface area contributed by atoms with Gasteiger partial charge in [-0.25, -0.2) is 0 Å². The molecule has 1 saturated carbocycles. The van der Waals surface area contributed by atoms with Crippen molar-refractivity contribution in [3.8, 4) is 5.75 Å². The first-order valence-electron chi connectivity index (χ1n) is 8.24. The summed E-state index contributed by atoms with van der Waals surface area (Å²) in [5, 5.41) is 3.98. The molecular weight excluding hydrogens is 329 g/mol. The zero-order valence-corrected chi connectivity index (χ0v) is 13.6. The third-order valence-electron chi connectivity index (χ3n) is 4.08. The van der Waals surface area contributed by atoms with Crippen molar-refractivity contribution >= 4 is 11.9 Å². The molecule has 1 fully saturated rings. The number of ether oxygens (including phenoxy) is 1. The van der Waals surface area contributed by atoms with Gasteiger partial charge in [0.15, 0.2) is 0 Å². The van der Waals surface area contributed by atoms with E-state index >= 15 is 0 Å². The number of nitrogens with one attached hydrogen (secondary N) is 1. The Labute approximate surface area is 144 Å². The maximum Gasteiger partial charge on any atom is 0.416 e. The number of alkyl halides is 3. The van der Waals surface area contributed by atoms with Gasteiger partial charge in [0.1, 0.15) is 5.75 Å². The molecule has 132 valence electrons. The molecule has 1 aliphatic carbocycles. The highest BCUT2D eigenvalue weighted by molar-refractivity contribution is 5.80. The van der Waals surface area contributed by atoms with Crippen molar-refractivity contribution in [3.05, 3.63) is 59.7 Å². The molecule has 0 unspecified atom stereocenters. The number of halogens is 3. The SMILES string of the molecule is FC(F)(F)c1cccc(NN=Cc2ccc(OC3CCCC3)cc2)c1. The van der Waals surface area contributed by atoms with Gasteiger partial charge in [0.05, 0.1) is 23.6 Å². The Bertz CT molecular complexity index is 720. The Morgan fingerprint density at radius 2 is 1.76 bits per heavy atom. The van der Waals surface area contributed by atoms with Crippen molar-refractivity contribution in [2.24, 2.45) is 5.10 Å². The second-order valence-corrected chi connectivity index (χ2v) is 6.04. The van der Waals surface area contributed by atoms with Gasteiger partial charge in [0, 0.05) is 0 Å². The van der Waals surface area contributed by atoms with Crippen LogP contribution in [-0.2, 0) is 6.18 Å². The van der Waals surface area contributed by atoms with E-state index in [1.165, 1.54) is 25.0 Å². The molecule has 0 aromatic heterocycles.